The number of anilines is 1. The van der Waals surface area contributed by atoms with Crippen LogP contribution in [0.15, 0.2) is 29.2 Å². The molecule has 24 heavy (non-hydrogen) atoms. The van der Waals surface area contributed by atoms with E-state index in [1.165, 1.54) is 18.2 Å². The largest absolute Gasteiger partial charge is 0.545 e. The summed E-state index contributed by atoms with van der Waals surface area (Å²) in [6.45, 7) is 4.84. The summed E-state index contributed by atoms with van der Waals surface area (Å²) >= 11 is 12.2. The maximum atomic E-state index is 12.8. The molecule has 0 amide bonds. The Balaban J connectivity index is 2.59. The molecule has 0 aliphatic heterocycles. The van der Waals surface area contributed by atoms with Crippen molar-refractivity contribution >= 4 is 44.9 Å². The van der Waals surface area contributed by atoms with Crippen LogP contribution in [0.25, 0.3) is 0 Å². The maximum absolute atomic E-state index is 12.8. The van der Waals surface area contributed by atoms with E-state index in [9.17, 15) is 18.3 Å². The van der Waals surface area contributed by atoms with Crippen molar-refractivity contribution in [3.63, 3.8) is 0 Å². The van der Waals surface area contributed by atoms with Crippen LogP contribution >= 0.6 is 23.2 Å². The van der Waals surface area contributed by atoms with Gasteiger partial charge < -0.3 is 9.90 Å². The van der Waals surface area contributed by atoms with Gasteiger partial charge >= 0.3 is 0 Å². The highest BCUT2D eigenvalue weighted by atomic mass is 35.5. The number of carboxylic acids is 1. The second kappa shape index (κ2) is 6.63. The Bertz CT molecular complexity index is 913. The number of aromatic carboxylic acids is 1. The average molecular weight is 387 g/mol. The minimum atomic E-state index is -4.06. The van der Waals surface area contributed by atoms with E-state index >= 15 is 0 Å². The molecule has 8 heteroatoms. The number of aryl methyl sites for hydroxylation is 2. The maximum Gasteiger partial charge on any atom is 0.263 e. The van der Waals surface area contributed by atoms with E-state index in [1.807, 2.05) is 0 Å². The first kappa shape index (κ1) is 18.6. The van der Waals surface area contributed by atoms with Gasteiger partial charge in [-0.3, -0.25) is 4.72 Å². The second-order valence-electron chi connectivity index (χ2n) is 5.37. The highest BCUT2D eigenvalue weighted by Gasteiger charge is 2.24. The number of halogens is 2. The monoisotopic (exact) mass is 386 g/mol. The fraction of sp³-hybridized carbons (Fsp3) is 0.188. The number of carbonyl (C=O) groups is 1. The van der Waals surface area contributed by atoms with Crippen molar-refractivity contribution in [1.82, 2.24) is 0 Å². The number of carboxylic acid groups (broad SMARTS) is 1. The Morgan fingerprint density at radius 3 is 2.29 bits per heavy atom. The summed E-state index contributed by atoms with van der Waals surface area (Å²) in [4.78, 5) is 10.8. The first-order valence-corrected chi connectivity index (χ1v) is 9.08. The normalized spacial score (nSPS) is 11.4. The van der Waals surface area contributed by atoms with Gasteiger partial charge in [-0.1, -0.05) is 35.3 Å². The van der Waals surface area contributed by atoms with Crippen molar-refractivity contribution in [1.29, 1.82) is 0 Å². The molecule has 0 atom stereocenters. The van der Waals surface area contributed by atoms with E-state index in [2.05, 4.69) is 4.72 Å². The smallest absolute Gasteiger partial charge is 0.263 e. The molecule has 0 radical (unpaired) electrons. The number of nitrogens with one attached hydrogen (secondary N) is 1. The predicted octanol–water partition coefficient (Wildman–Crippen LogP) is 3.08. The zero-order valence-corrected chi connectivity index (χ0v) is 15.4. The van der Waals surface area contributed by atoms with Crippen LogP contribution < -0.4 is 9.83 Å². The minimum Gasteiger partial charge on any atom is -0.545 e. The second-order valence-corrected chi connectivity index (χ2v) is 7.77. The van der Waals surface area contributed by atoms with Crippen molar-refractivity contribution in [3.8, 4) is 0 Å². The standard InChI is InChI=1S/C16H15Cl2NO4S/c1-8-4-5-11(16(20)21)7-13(8)19-24(22,23)15-10(3)12(17)6-9(2)14(15)18/h4-7,19H,1-3H3,(H,20,21)/p-1. The van der Waals surface area contributed by atoms with Crippen LogP contribution in [0.5, 0.6) is 0 Å². The Morgan fingerprint density at radius 1 is 1.08 bits per heavy atom. The summed E-state index contributed by atoms with van der Waals surface area (Å²) in [7, 11) is -4.06. The van der Waals surface area contributed by atoms with Gasteiger partial charge in [0, 0.05) is 5.02 Å². The lowest BCUT2D eigenvalue weighted by Gasteiger charge is -2.16. The molecule has 0 unspecified atom stereocenters. The van der Waals surface area contributed by atoms with Gasteiger partial charge in [0.15, 0.2) is 0 Å². The molecule has 0 aliphatic rings. The van der Waals surface area contributed by atoms with Crippen molar-refractivity contribution in [2.45, 2.75) is 25.7 Å². The SMILES string of the molecule is Cc1ccc(C(=O)[O-])cc1NS(=O)(=O)c1c(C)c(Cl)cc(C)c1Cl. The van der Waals surface area contributed by atoms with E-state index in [0.29, 0.717) is 16.7 Å². The molecule has 0 bridgehead atoms. The van der Waals surface area contributed by atoms with Crippen LogP contribution in [0, 0.1) is 20.8 Å². The van der Waals surface area contributed by atoms with Crippen molar-refractivity contribution in [2.75, 3.05) is 4.72 Å². The van der Waals surface area contributed by atoms with Crippen molar-refractivity contribution < 1.29 is 18.3 Å². The molecule has 0 fully saturated rings. The fourth-order valence-electron chi connectivity index (χ4n) is 2.19. The highest BCUT2D eigenvalue weighted by Crippen LogP contribution is 2.34. The van der Waals surface area contributed by atoms with Crippen LogP contribution in [-0.4, -0.2) is 14.4 Å². The molecule has 1 N–H and O–H groups in total. The number of hydrogen-bond donors (Lipinski definition) is 1. The molecule has 0 heterocycles. The van der Waals surface area contributed by atoms with Gasteiger partial charge in [0.25, 0.3) is 10.0 Å². The van der Waals surface area contributed by atoms with E-state index in [1.54, 1.807) is 26.8 Å². The van der Waals surface area contributed by atoms with Gasteiger partial charge in [0.1, 0.15) is 4.90 Å². The molecule has 2 aromatic carbocycles. The Kier molecular flexibility index (Phi) is 5.13. The third-order valence-corrected chi connectivity index (χ3v) is 6.10. The van der Waals surface area contributed by atoms with E-state index < -0.39 is 16.0 Å². The molecular formula is C16H14Cl2NO4S-. The molecule has 5 nitrogen and oxygen atoms in total. The van der Waals surface area contributed by atoms with E-state index in [4.69, 9.17) is 23.2 Å². The number of benzene rings is 2. The Hall–Kier alpha value is -1.76. The van der Waals surface area contributed by atoms with Gasteiger partial charge in [0.05, 0.1) is 16.7 Å². The van der Waals surface area contributed by atoms with Crippen LogP contribution in [0.4, 0.5) is 5.69 Å². The summed E-state index contributed by atoms with van der Waals surface area (Å²) in [5, 5.41) is 11.3. The summed E-state index contributed by atoms with van der Waals surface area (Å²) in [6, 6.07) is 5.61. The van der Waals surface area contributed by atoms with E-state index in [-0.39, 0.29) is 26.2 Å². The topological polar surface area (TPSA) is 86.3 Å². The van der Waals surface area contributed by atoms with Gasteiger partial charge in [-0.05, 0) is 55.2 Å². The molecule has 128 valence electrons. The number of sulfonamides is 1. The summed E-state index contributed by atoms with van der Waals surface area (Å²) < 4.78 is 27.9. The first-order chi connectivity index (χ1) is 11.0. The number of hydrogen-bond acceptors (Lipinski definition) is 4. The lowest BCUT2D eigenvalue weighted by atomic mass is 10.1. The quantitative estimate of drug-likeness (QED) is 0.874. The molecule has 0 saturated carbocycles. The molecule has 2 aromatic rings. The predicted molar refractivity (Wildman–Crippen MR) is 92.3 cm³/mol. The molecule has 0 spiro atoms. The Morgan fingerprint density at radius 2 is 1.71 bits per heavy atom. The summed E-state index contributed by atoms with van der Waals surface area (Å²) in [5.41, 5.74) is 1.38. The molecule has 2 rings (SSSR count). The highest BCUT2D eigenvalue weighted by molar-refractivity contribution is 7.93. The van der Waals surface area contributed by atoms with Crippen LogP contribution in [0.3, 0.4) is 0 Å². The van der Waals surface area contributed by atoms with Crippen LogP contribution in [0.1, 0.15) is 27.0 Å². The third-order valence-electron chi connectivity index (χ3n) is 3.57. The molecule has 0 aromatic heterocycles. The molecule has 0 aliphatic carbocycles. The summed E-state index contributed by atoms with van der Waals surface area (Å²) in [5.74, 6) is -1.40. The zero-order valence-electron chi connectivity index (χ0n) is 13.1. The van der Waals surface area contributed by atoms with Gasteiger partial charge in [-0.2, -0.15) is 0 Å². The Labute approximate surface area is 150 Å². The molecular weight excluding hydrogens is 373 g/mol. The average Bonchev–Trinajstić information content (AvgIpc) is 2.47. The van der Waals surface area contributed by atoms with Crippen molar-refractivity contribution in [2.24, 2.45) is 0 Å². The number of rotatable bonds is 4. The van der Waals surface area contributed by atoms with Gasteiger partial charge in [-0.25, -0.2) is 8.42 Å². The molecule has 0 saturated heterocycles. The van der Waals surface area contributed by atoms with Gasteiger partial charge in [0.2, 0.25) is 0 Å². The van der Waals surface area contributed by atoms with Crippen molar-refractivity contribution in [3.05, 3.63) is 56.6 Å². The first-order valence-electron chi connectivity index (χ1n) is 6.84. The lowest BCUT2D eigenvalue weighted by Crippen LogP contribution is -2.23. The van der Waals surface area contributed by atoms with Gasteiger partial charge in [-0.15, -0.1) is 0 Å². The number of carbonyl (C=O) groups excluding carboxylic acids is 1. The van der Waals surface area contributed by atoms with Crippen LogP contribution in [-0.2, 0) is 10.0 Å². The minimum absolute atomic E-state index is 0.0677. The lowest BCUT2D eigenvalue weighted by molar-refractivity contribution is -0.255. The zero-order chi connectivity index (χ0) is 18.2. The fourth-order valence-corrected chi connectivity index (χ4v) is 4.52. The summed E-state index contributed by atoms with van der Waals surface area (Å²) in [6.07, 6.45) is 0. The van der Waals surface area contributed by atoms with Crippen LogP contribution in [0.2, 0.25) is 10.0 Å². The van der Waals surface area contributed by atoms with E-state index in [0.717, 1.165) is 0 Å². The third kappa shape index (κ3) is 3.50.